The van der Waals surface area contributed by atoms with Crippen molar-refractivity contribution in [1.82, 2.24) is 4.90 Å². The van der Waals surface area contributed by atoms with Crippen LogP contribution in [0.4, 0.5) is 10.5 Å². The van der Waals surface area contributed by atoms with E-state index in [1.54, 1.807) is 18.2 Å². The Labute approximate surface area is 203 Å². The first kappa shape index (κ1) is 25.1. The first-order chi connectivity index (χ1) is 16.2. The molecule has 2 aromatic rings. The van der Waals surface area contributed by atoms with Crippen molar-refractivity contribution in [3.63, 3.8) is 0 Å². The van der Waals surface area contributed by atoms with Crippen molar-refractivity contribution in [3.05, 3.63) is 67.6 Å². The van der Waals surface area contributed by atoms with Gasteiger partial charge in [0, 0.05) is 12.1 Å². The summed E-state index contributed by atoms with van der Waals surface area (Å²) in [4.78, 5) is 48.1. The number of imide groups is 1. The van der Waals surface area contributed by atoms with Gasteiger partial charge < -0.3 is 14.2 Å². The van der Waals surface area contributed by atoms with Crippen molar-refractivity contribution in [3.8, 4) is 11.5 Å². The molecule has 2 aromatic carbocycles. The van der Waals surface area contributed by atoms with Crippen LogP contribution in [0.2, 0.25) is 5.02 Å². The van der Waals surface area contributed by atoms with Gasteiger partial charge in [-0.15, -0.1) is 0 Å². The average molecular weight is 507 g/mol. The lowest BCUT2D eigenvalue weighted by Crippen LogP contribution is -2.42. The summed E-state index contributed by atoms with van der Waals surface area (Å²) in [5.41, 5.74) is 0.954. The van der Waals surface area contributed by atoms with Gasteiger partial charge in [-0.2, -0.15) is 0 Å². The second-order valence-corrected chi connectivity index (χ2v) is 8.40. The summed E-state index contributed by atoms with van der Waals surface area (Å²) in [7, 11) is 2.58. The summed E-state index contributed by atoms with van der Waals surface area (Å²) >= 11 is 7.07. The maximum absolute atomic E-state index is 12.7. The van der Waals surface area contributed by atoms with E-state index in [4.69, 9.17) is 21.1 Å². The van der Waals surface area contributed by atoms with Crippen LogP contribution in [0.25, 0.3) is 6.08 Å². The quantitative estimate of drug-likeness (QED) is 0.221. The summed E-state index contributed by atoms with van der Waals surface area (Å²) in [5.74, 6) is -0.876. The summed E-state index contributed by atoms with van der Waals surface area (Å²) in [6.45, 7) is 1.40. The SMILES string of the molecule is COC(=O)[C@@H](C)N1C(=O)S/C(=C/c2cc(Cl)c(OCc3cccc([N+](=O)[O-])c3)c(OC)c2)C1=O. The second-order valence-electron chi connectivity index (χ2n) is 7.00. The lowest BCUT2D eigenvalue weighted by atomic mass is 10.1. The van der Waals surface area contributed by atoms with E-state index in [0.29, 0.717) is 22.9 Å². The Kier molecular flexibility index (Phi) is 7.79. The summed E-state index contributed by atoms with van der Waals surface area (Å²) in [5, 5.41) is 10.5. The topological polar surface area (TPSA) is 125 Å². The van der Waals surface area contributed by atoms with Gasteiger partial charge in [-0.05, 0) is 48.0 Å². The van der Waals surface area contributed by atoms with Crippen LogP contribution in [0.5, 0.6) is 11.5 Å². The summed E-state index contributed by atoms with van der Waals surface area (Å²) in [6, 6.07) is 8.00. The highest BCUT2D eigenvalue weighted by Gasteiger charge is 2.41. The molecule has 12 heteroatoms. The van der Waals surface area contributed by atoms with E-state index in [0.717, 1.165) is 4.90 Å². The van der Waals surface area contributed by atoms with Crippen LogP contribution in [-0.2, 0) is 20.9 Å². The highest BCUT2D eigenvalue weighted by molar-refractivity contribution is 8.18. The number of methoxy groups -OCH3 is 2. The molecule has 178 valence electrons. The number of ether oxygens (including phenoxy) is 3. The van der Waals surface area contributed by atoms with Crippen LogP contribution in [0, 0.1) is 10.1 Å². The molecule has 0 saturated carbocycles. The van der Waals surface area contributed by atoms with Crippen LogP contribution in [0.3, 0.4) is 0 Å². The standard InChI is InChI=1S/C22H19ClN2O8S/c1-12(21(27)32-3)24-20(26)18(34-22(24)28)10-14-8-16(23)19(17(9-14)31-2)33-11-13-5-4-6-15(7-13)25(29)30/h4-10,12H,11H2,1-3H3/b18-10+/t12-/m1/s1. The Bertz CT molecular complexity index is 1200. The fourth-order valence-electron chi connectivity index (χ4n) is 3.12. The number of rotatable bonds is 8. The zero-order valence-electron chi connectivity index (χ0n) is 18.3. The first-order valence-electron chi connectivity index (χ1n) is 9.74. The fourth-order valence-corrected chi connectivity index (χ4v) is 4.30. The second kappa shape index (κ2) is 10.6. The Morgan fingerprint density at radius 3 is 2.65 bits per heavy atom. The molecule has 1 atom stereocenters. The molecule has 0 bridgehead atoms. The van der Waals surface area contributed by atoms with E-state index in [1.165, 1.54) is 45.4 Å². The smallest absolute Gasteiger partial charge is 0.328 e. The number of thioether (sulfide) groups is 1. The number of halogens is 1. The number of benzene rings is 2. The predicted octanol–water partition coefficient (Wildman–Crippen LogP) is 4.43. The van der Waals surface area contributed by atoms with Gasteiger partial charge in [0.2, 0.25) is 0 Å². The monoisotopic (exact) mass is 506 g/mol. The third-order valence-electron chi connectivity index (χ3n) is 4.81. The fraction of sp³-hybridized carbons (Fsp3) is 0.227. The molecule has 1 heterocycles. The third-order valence-corrected chi connectivity index (χ3v) is 5.97. The number of carbonyl (C=O) groups is 3. The molecule has 0 spiro atoms. The van der Waals surface area contributed by atoms with Crippen molar-refractivity contribution in [2.24, 2.45) is 0 Å². The van der Waals surface area contributed by atoms with Crippen LogP contribution in [0.1, 0.15) is 18.1 Å². The minimum Gasteiger partial charge on any atom is -0.493 e. The maximum Gasteiger partial charge on any atom is 0.328 e. The Morgan fingerprint density at radius 2 is 2.00 bits per heavy atom. The molecule has 10 nitrogen and oxygen atoms in total. The Morgan fingerprint density at radius 1 is 1.26 bits per heavy atom. The van der Waals surface area contributed by atoms with E-state index >= 15 is 0 Å². The zero-order chi connectivity index (χ0) is 25.0. The van der Waals surface area contributed by atoms with E-state index < -0.39 is 28.1 Å². The van der Waals surface area contributed by atoms with Crippen molar-refractivity contribution in [1.29, 1.82) is 0 Å². The molecule has 1 saturated heterocycles. The molecular weight excluding hydrogens is 488 g/mol. The molecule has 34 heavy (non-hydrogen) atoms. The van der Waals surface area contributed by atoms with Crippen LogP contribution in [-0.4, -0.2) is 47.2 Å². The molecule has 0 aliphatic carbocycles. The predicted molar refractivity (Wildman–Crippen MR) is 125 cm³/mol. The van der Waals surface area contributed by atoms with Gasteiger partial charge in [-0.1, -0.05) is 23.7 Å². The van der Waals surface area contributed by atoms with E-state index in [9.17, 15) is 24.5 Å². The molecule has 1 fully saturated rings. The van der Waals surface area contributed by atoms with Gasteiger partial charge in [-0.3, -0.25) is 24.6 Å². The number of nitrogens with zero attached hydrogens (tertiary/aromatic N) is 2. The van der Waals surface area contributed by atoms with Crippen LogP contribution >= 0.6 is 23.4 Å². The number of nitro groups is 1. The van der Waals surface area contributed by atoms with Gasteiger partial charge in [0.15, 0.2) is 11.5 Å². The van der Waals surface area contributed by atoms with Gasteiger partial charge in [0.25, 0.3) is 16.8 Å². The summed E-state index contributed by atoms with van der Waals surface area (Å²) in [6.07, 6.45) is 1.45. The van der Waals surface area contributed by atoms with Gasteiger partial charge in [0.05, 0.1) is 29.1 Å². The number of amides is 2. The minimum absolute atomic E-state index is 0.00140. The number of esters is 1. The van der Waals surface area contributed by atoms with Gasteiger partial charge >= 0.3 is 5.97 Å². The van der Waals surface area contributed by atoms with E-state index in [1.807, 2.05) is 0 Å². The number of hydrogen-bond acceptors (Lipinski definition) is 9. The Balaban J connectivity index is 1.83. The molecule has 0 aromatic heterocycles. The van der Waals surface area contributed by atoms with Gasteiger partial charge in [-0.25, -0.2) is 4.79 Å². The number of nitro benzene ring substituents is 1. The van der Waals surface area contributed by atoms with Crippen molar-refractivity contribution < 1.29 is 33.5 Å². The molecule has 0 unspecified atom stereocenters. The molecule has 0 N–H and O–H groups in total. The molecule has 1 aliphatic heterocycles. The molecule has 3 rings (SSSR count). The molecular formula is C22H19ClN2O8S. The van der Waals surface area contributed by atoms with E-state index in [2.05, 4.69) is 4.74 Å². The average Bonchev–Trinajstić information content (AvgIpc) is 3.09. The number of hydrogen-bond donors (Lipinski definition) is 0. The highest BCUT2D eigenvalue weighted by Crippen LogP contribution is 2.39. The lowest BCUT2D eigenvalue weighted by Gasteiger charge is -2.18. The molecule has 1 aliphatic rings. The first-order valence-corrected chi connectivity index (χ1v) is 10.9. The van der Waals surface area contributed by atoms with Gasteiger partial charge in [0.1, 0.15) is 12.6 Å². The normalized spacial score (nSPS) is 15.4. The summed E-state index contributed by atoms with van der Waals surface area (Å²) < 4.78 is 15.7. The van der Waals surface area contributed by atoms with Crippen LogP contribution < -0.4 is 9.47 Å². The minimum atomic E-state index is -1.06. The molecule has 0 radical (unpaired) electrons. The van der Waals surface area contributed by atoms with E-state index in [-0.39, 0.29) is 33.7 Å². The van der Waals surface area contributed by atoms with Crippen molar-refractivity contribution >= 4 is 52.2 Å². The zero-order valence-corrected chi connectivity index (χ0v) is 19.8. The Hall–Kier alpha value is -3.57. The highest BCUT2D eigenvalue weighted by atomic mass is 35.5. The van der Waals surface area contributed by atoms with Crippen LogP contribution in [0.15, 0.2) is 41.3 Å². The van der Waals surface area contributed by atoms with Crippen molar-refractivity contribution in [2.45, 2.75) is 19.6 Å². The number of non-ortho nitro benzene ring substituents is 1. The largest absolute Gasteiger partial charge is 0.493 e. The molecule has 2 amide bonds. The van der Waals surface area contributed by atoms with Crippen molar-refractivity contribution in [2.75, 3.05) is 14.2 Å². The number of carbonyl (C=O) groups excluding carboxylic acids is 3. The third kappa shape index (κ3) is 5.32. The lowest BCUT2D eigenvalue weighted by molar-refractivity contribution is -0.384. The maximum atomic E-state index is 12.7.